The number of hydrogen-bond acceptors (Lipinski definition) is 3. The molecule has 0 radical (unpaired) electrons. The van der Waals surface area contributed by atoms with Crippen molar-refractivity contribution in [3.63, 3.8) is 0 Å². The van der Waals surface area contributed by atoms with Gasteiger partial charge in [-0.1, -0.05) is 12.1 Å². The predicted molar refractivity (Wildman–Crippen MR) is 67.0 cm³/mol. The molecule has 0 saturated carbocycles. The molecule has 0 spiro atoms. The van der Waals surface area contributed by atoms with E-state index in [1.54, 1.807) is 4.90 Å². The van der Waals surface area contributed by atoms with Crippen molar-refractivity contribution >= 4 is 11.6 Å². The van der Waals surface area contributed by atoms with Gasteiger partial charge in [0.15, 0.2) is 0 Å². The van der Waals surface area contributed by atoms with Gasteiger partial charge in [0.1, 0.15) is 6.04 Å². The Labute approximate surface area is 101 Å². The maximum Gasteiger partial charge on any atom is 0.246 e. The van der Waals surface area contributed by atoms with E-state index in [1.807, 2.05) is 38.1 Å². The highest BCUT2D eigenvalue weighted by atomic mass is 16.3. The van der Waals surface area contributed by atoms with Crippen LogP contribution in [-0.4, -0.2) is 36.2 Å². The lowest BCUT2D eigenvalue weighted by Gasteiger charge is -2.37. The average Bonchev–Trinajstić information content (AvgIpc) is 2.29. The SMILES string of the molecule is Cc1cccc(N2C(=O)C(CO)NCC2C)c1. The molecule has 4 heteroatoms. The molecule has 17 heavy (non-hydrogen) atoms. The van der Waals surface area contributed by atoms with E-state index in [1.165, 1.54) is 0 Å². The third-order valence-electron chi connectivity index (χ3n) is 3.10. The summed E-state index contributed by atoms with van der Waals surface area (Å²) < 4.78 is 0. The fourth-order valence-electron chi connectivity index (χ4n) is 2.18. The zero-order valence-electron chi connectivity index (χ0n) is 10.2. The van der Waals surface area contributed by atoms with Gasteiger partial charge in [0.05, 0.1) is 6.61 Å². The molecule has 1 fully saturated rings. The van der Waals surface area contributed by atoms with Crippen LogP contribution in [0.2, 0.25) is 0 Å². The topological polar surface area (TPSA) is 52.6 Å². The van der Waals surface area contributed by atoms with Crippen LogP contribution in [0.4, 0.5) is 5.69 Å². The molecule has 1 aliphatic heterocycles. The van der Waals surface area contributed by atoms with E-state index in [2.05, 4.69) is 5.32 Å². The second kappa shape index (κ2) is 4.85. The van der Waals surface area contributed by atoms with Crippen molar-refractivity contribution in [3.8, 4) is 0 Å². The van der Waals surface area contributed by atoms with Gasteiger partial charge in [0.2, 0.25) is 5.91 Å². The first-order chi connectivity index (χ1) is 8.13. The first-order valence-corrected chi connectivity index (χ1v) is 5.87. The molecule has 2 unspecified atom stereocenters. The molecule has 1 heterocycles. The molecule has 0 aliphatic carbocycles. The van der Waals surface area contributed by atoms with Gasteiger partial charge in [-0.25, -0.2) is 0 Å². The summed E-state index contributed by atoms with van der Waals surface area (Å²) in [5.74, 6) is -0.0585. The van der Waals surface area contributed by atoms with Gasteiger partial charge < -0.3 is 15.3 Å². The molecule has 1 saturated heterocycles. The normalized spacial score (nSPS) is 25.1. The number of nitrogens with zero attached hydrogens (tertiary/aromatic N) is 1. The van der Waals surface area contributed by atoms with Gasteiger partial charge in [-0.05, 0) is 31.5 Å². The minimum atomic E-state index is -0.480. The molecule has 0 aromatic heterocycles. The van der Waals surface area contributed by atoms with E-state index in [0.29, 0.717) is 6.54 Å². The van der Waals surface area contributed by atoms with Crippen molar-refractivity contribution in [2.45, 2.75) is 25.9 Å². The van der Waals surface area contributed by atoms with Crippen molar-refractivity contribution in [3.05, 3.63) is 29.8 Å². The number of aliphatic hydroxyl groups is 1. The summed E-state index contributed by atoms with van der Waals surface area (Å²) in [5, 5.41) is 12.2. The summed E-state index contributed by atoms with van der Waals surface area (Å²) in [6.45, 7) is 4.55. The van der Waals surface area contributed by atoms with E-state index >= 15 is 0 Å². The second-order valence-corrected chi connectivity index (χ2v) is 4.54. The van der Waals surface area contributed by atoms with Gasteiger partial charge in [-0.15, -0.1) is 0 Å². The molecule has 1 amide bonds. The number of benzene rings is 1. The van der Waals surface area contributed by atoms with Gasteiger partial charge in [0, 0.05) is 18.3 Å². The van der Waals surface area contributed by atoms with Gasteiger partial charge in [-0.3, -0.25) is 4.79 Å². The van der Waals surface area contributed by atoms with E-state index < -0.39 is 6.04 Å². The standard InChI is InChI=1S/C13H18N2O2/c1-9-4-3-5-11(6-9)15-10(2)7-14-12(8-16)13(15)17/h3-6,10,12,14,16H,7-8H2,1-2H3. The van der Waals surface area contributed by atoms with E-state index in [0.717, 1.165) is 11.3 Å². The minimum absolute atomic E-state index is 0.0585. The van der Waals surface area contributed by atoms with E-state index in [9.17, 15) is 4.79 Å². The lowest BCUT2D eigenvalue weighted by atomic mass is 10.1. The monoisotopic (exact) mass is 234 g/mol. The molecule has 1 aliphatic rings. The predicted octanol–water partition coefficient (Wildman–Crippen LogP) is 0.681. The highest BCUT2D eigenvalue weighted by Gasteiger charge is 2.33. The van der Waals surface area contributed by atoms with Crippen molar-refractivity contribution in [1.29, 1.82) is 0 Å². The Kier molecular flexibility index (Phi) is 3.45. The third-order valence-corrected chi connectivity index (χ3v) is 3.10. The maximum atomic E-state index is 12.2. The molecule has 92 valence electrons. The van der Waals surface area contributed by atoms with Crippen LogP contribution < -0.4 is 10.2 Å². The fraction of sp³-hybridized carbons (Fsp3) is 0.462. The summed E-state index contributed by atoms with van der Waals surface area (Å²) in [7, 11) is 0. The molecule has 2 rings (SSSR count). The van der Waals surface area contributed by atoms with Crippen LogP contribution in [0.3, 0.4) is 0 Å². The summed E-state index contributed by atoms with van der Waals surface area (Å²) >= 11 is 0. The van der Waals surface area contributed by atoms with Crippen LogP contribution in [-0.2, 0) is 4.79 Å². The number of hydrogen-bond donors (Lipinski definition) is 2. The highest BCUT2D eigenvalue weighted by Crippen LogP contribution is 2.21. The summed E-state index contributed by atoms with van der Waals surface area (Å²) in [5.41, 5.74) is 2.03. The molecular weight excluding hydrogens is 216 g/mol. The van der Waals surface area contributed by atoms with Crippen LogP contribution in [0.1, 0.15) is 12.5 Å². The largest absolute Gasteiger partial charge is 0.394 e. The molecule has 1 aromatic carbocycles. The summed E-state index contributed by atoms with van der Waals surface area (Å²) in [4.78, 5) is 14.0. The van der Waals surface area contributed by atoms with Crippen LogP contribution in [0.15, 0.2) is 24.3 Å². The summed E-state index contributed by atoms with van der Waals surface area (Å²) in [6, 6.07) is 7.50. The molecule has 0 bridgehead atoms. The number of rotatable bonds is 2. The molecule has 1 aromatic rings. The lowest BCUT2D eigenvalue weighted by molar-refractivity contribution is -0.123. The number of aryl methyl sites for hydroxylation is 1. The van der Waals surface area contributed by atoms with Crippen molar-refractivity contribution in [1.82, 2.24) is 5.32 Å². The number of anilines is 1. The fourth-order valence-corrected chi connectivity index (χ4v) is 2.18. The number of carbonyl (C=O) groups is 1. The van der Waals surface area contributed by atoms with Crippen LogP contribution in [0, 0.1) is 6.92 Å². The number of carbonyl (C=O) groups excluding carboxylic acids is 1. The molecule has 2 atom stereocenters. The molecule has 4 nitrogen and oxygen atoms in total. The first kappa shape index (κ1) is 12.1. The van der Waals surface area contributed by atoms with Crippen LogP contribution in [0.25, 0.3) is 0 Å². The van der Waals surface area contributed by atoms with Crippen molar-refractivity contribution < 1.29 is 9.90 Å². The highest BCUT2D eigenvalue weighted by molar-refractivity contribution is 5.98. The Morgan fingerprint density at radius 1 is 1.53 bits per heavy atom. The third kappa shape index (κ3) is 2.33. The van der Waals surface area contributed by atoms with E-state index in [4.69, 9.17) is 5.11 Å². The number of piperazine rings is 1. The summed E-state index contributed by atoms with van der Waals surface area (Å²) in [6.07, 6.45) is 0. The Hall–Kier alpha value is -1.39. The quantitative estimate of drug-likeness (QED) is 0.791. The van der Waals surface area contributed by atoms with Crippen molar-refractivity contribution in [2.24, 2.45) is 0 Å². The lowest BCUT2D eigenvalue weighted by Crippen LogP contribution is -2.60. The first-order valence-electron chi connectivity index (χ1n) is 5.87. The van der Waals surface area contributed by atoms with Crippen LogP contribution in [0.5, 0.6) is 0 Å². The zero-order chi connectivity index (χ0) is 12.4. The zero-order valence-corrected chi connectivity index (χ0v) is 10.2. The Morgan fingerprint density at radius 3 is 2.94 bits per heavy atom. The van der Waals surface area contributed by atoms with Gasteiger partial charge >= 0.3 is 0 Å². The number of amides is 1. The average molecular weight is 234 g/mol. The van der Waals surface area contributed by atoms with Crippen LogP contribution >= 0.6 is 0 Å². The van der Waals surface area contributed by atoms with E-state index in [-0.39, 0.29) is 18.6 Å². The second-order valence-electron chi connectivity index (χ2n) is 4.54. The molecular formula is C13H18N2O2. The Bertz CT molecular complexity index is 420. The maximum absolute atomic E-state index is 12.2. The van der Waals surface area contributed by atoms with Gasteiger partial charge in [-0.2, -0.15) is 0 Å². The molecule has 2 N–H and O–H groups in total. The minimum Gasteiger partial charge on any atom is -0.394 e. The van der Waals surface area contributed by atoms with Crippen molar-refractivity contribution in [2.75, 3.05) is 18.1 Å². The Balaban J connectivity index is 2.31. The number of nitrogens with one attached hydrogen (secondary N) is 1. The number of aliphatic hydroxyl groups excluding tert-OH is 1. The van der Waals surface area contributed by atoms with Gasteiger partial charge in [0.25, 0.3) is 0 Å². The smallest absolute Gasteiger partial charge is 0.246 e. The Morgan fingerprint density at radius 2 is 2.29 bits per heavy atom.